The lowest BCUT2D eigenvalue weighted by molar-refractivity contribution is -0.137. The molecule has 1 aliphatic rings. The second-order valence-corrected chi connectivity index (χ2v) is 6.68. The Bertz CT molecular complexity index is 846. The molecule has 27 heavy (non-hydrogen) atoms. The van der Waals surface area contributed by atoms with Gasteiger partial charge in [-0.25, -0.2) is 0 Å². The van der Waals surface area contributed by atoms with Crippen LogP contribution >= 0.6 is 0 Å². The van der Waals surface area contributed by atoms with Crippen LogP contribution in [0.1, 0.15) is 35.4 Å². The molecule has 0 heterocycles. The third-order valence-electron chi connectivity index (χ3n) is 4.71. The average Bonchev–Trinajstić information content (AvgIpc) is 2.67. The summed E-state index contributed by atoms with van der Waals surface area (Å²) < 4.78 is 0. The predicted octanol–water partition coefficient (Wildman–Crippen LogP) is 2.49. The number of hydrogen-bond acceptors (Lipinski definition) is 3. The summed E-state index contributed by atoms with van der Waals surface area (Å²) in [5.41, 5.74) is 3.77. The molecule has 2 aromatic carbocycles. The van der Waals surface area contributed by atoms with Gasteiger partial charge in [0.15, 0.2) is 0 Å². The maximum absolute atomic E-state index is 12.7. The standard InChI is InChI=1S/C21H22N2O4/c24-19(22-13-20(25)26)12-14-8-10-16(11-9-14)23-21(27)18-7-3-5-15-4-1-2-6-17(15)18/h1-2,4,6,8-11,18H,3,5,7,12-13H2,(H,22,24)(H,23,27)(H,25,26). The molecule has 0 radical (unpaired) electrons. The number of carboxylic acid groups (broad SMARTS) is 1. The van der Waals surface area contributed by atoms with E-state index in [0.29, 0.717) is 5.69 Å². The van der Waals surface area contributed by atoms with Gasteiger partial charge in [-0.1, -0.05) is 36.4 Å². The van der Waals surface area contributed by atoms with Crippen LogP contribution in [0, 0.1) is 0 Å². The second-order valence-electron chi connectivity index (χ2n) is 6.68. The van der Waals surface area contributed by atoms with Crippen molar-refractivity contribution in [2.45, 2.75) is 31.6 Å². The van der Waals surface area contributed by atoms with Crippen molar-refractivity contribution in [1.82, 2.24) is 5.32 Å². The molecular formula is C21H22N2O4. The van der Waals surface area contributed by atoms with E-state index in [2.05, 4.69) is 16.7 Å². The summed E-state index contributed by atoms with van der Waals surface area (Å²) in [5, 5.41) is 13.8. The van der Waals surface area contributed by atoms with E-state index in [1.54, 1.807) is 24.3 Å². The molecule has 1 aliphatic carbocycles. The fraction of sp³-hybridized carbons (Fsp3) is 0.286. The van der Waals surface area contributed by atoms with Crippen LogP contribution in [-0.4, -0.2) is 29.4 Å². The summed E-state index contributed by atoms with van der Waals surface area (Å²) >= 11 is 0. The highest BCUT2D eigenvalue weighted by Gasteiger charge is 2.26. The second kappa shape index (κ2) is 8.49. The molecule has 6 heteroatoms. The van der Waals surface area contributed by atoms with E-state index in [-0.39, 0.29) is 24.2 Å². The minimum absolute atomic E-state index is 0.0194. The number of nitrogens with one attached hydrogen (secondary N) is 2. The number of aryl methyl sites for hydroxylation is 1. The zero-order valence-electron chi connectivity index (χ0n) is 14.9. The maximum Gasteiger partial charge on any atom is 0.322 e. The van der Waals surface area contributed by atoms with Crippen LogP contribution in [0.5, 0.6) is 0 Å². The Morgan fingerprint density at radius 3 is 2.52 bits per heavy atom. The summed E-state index contributed by atoms with van der Waals surface area (Å²) in [6.45, 7) is -0.393. The average molecular weight is 366 g/mol. The molecule has 0 bridgehead atoms. The summed E-state index contributed by atoms with van der Waals surface area (Å²) in [6.07, 6.45) is 2.94. The number of anilines is 1. The minimum atomic E-state index is -1.08. The molecule has 0 aliphatic heterocycles. The van der Waals surface area contributed by atoms with Gasteiger partial charge in [-0.3, -0.25) is 14.4 Å². The molecular weight excluding hydrogens is 344 g/mol. The monoisotopic (exact) mass is 366 g/mol. The van der Waals surface area contributed by atoms with Crippen molar-refractivity contribution in [3.8, 4) is 0 Å². The summed E-state index contributed by atoms with van der Waals surface area (Å²) in [6, 6.07) is 15.1. The van der Waals surface area contributed by atoms with E-state index in [1.165, 1.54) is 5.56 Å². The number of carbonyl (C=O) groups excluding carboxylic acids is 2. The van der Waals surface area contributed by atoms with E-state index < -0.39 is 12.5 Å². The quantitative estimate of drug-likeness (QED) is 0.732. The topological polar surface area (TPSA) is 95.5 Å². The van der Waals surface area contributed by atoms with Crippen molar-refractivity contribution >= 4 is 23.5 Å². The Labute approximate surface area is 157 Å². The highest BCUT2D eigenvalue weighted by molar-refractivity contribution is 5.96. The van der Waals surface area contributed by atoms with Crippen molar-refractivity contribution in [3.63, 3.8) is 0 Å². The Morgan fingerprint density at radius 1 is 1.04 bits per heavy atom. The molecule has 0 saturated carbocycles. The van der Waals surface area contributed by atoms with Crippen molar-refractivity contribution in [1.29, 1.82) is 0 Å². The number of carbonyl (C=O) groups is 3. The zero-order chi connectivity index (χ0) is 19.2. The van der Waals surface area contributed by atoms with Crippen LogP contribution in [0.3, 0.4) is 0 Å². The van der Waals surface area contributed by atoms with Crippen molar-refractivity contribution < 1.29 is 19.5 Å². The lowest BCUT2D eigenvalue weighted by atomic mass is 9.82. The Balaban J connectivity index is 1.59. The molecule has 0 fully saturated rings. The summed E-state index contributed by atoms with van der Waals surface area (Å²) in [7, 11) is 0. The van der Waals surface area contributed by atoms with Crippen LogP contribution in [-0.2, 0) is 27.2 Å². The number of fused-ring (bicyclic) bond motifs is 1. The van der Waals surface area contributed by atoms with E-state index in [9.17, 15) is 14.4 Å². The lowest BCUT2D eigenvalue weighted by Crippen LogP contribution is -2.30. The Morgan fingerprint density at radius 2 is 1.78 bits per heavy atom. The highest BCUT2D eigenvalue weighted by atomic mass is 16.4. The molecule has 6 nitrogen and oxygen atoms in total. The largest absolute Gasteiger partial charge is 0.480 e. The van der Waals surface area contributed by atoms with Crippen LogP contribution in [0.4, 0.5) is 5.69 Å². The molecule has 3 rings (SSSR count). The molecule has 3 N–H and O–H groups in total. The van der Waals surface area contributed by atoms with Crippen LogP contribution in [0.25, 0.3) is 0 Å². The summed E-state index contributed by atoms with van der Waals surface area (Å²) in [4.78, 5) is 34.8. The van der Waals surface area contributed by atoms with Gasteiger partial charge < -0.3 is 15.7 Å². The number of hydrogen-bond donors (Lipinski definition) is 3. The SMILES string of the molecule is O=C(O)CNC(=O)Cc1ccc(NC(=O)C2CCCc3ccccc32)cc1. The van der Waals surface area contributed by atoms with Gasteiger partial charge in [0.25, 0.3) is 0 Å². The van der Waals surface area contributed by atoms with Gasteiger partial charge in [-0.15, -0.1) is 0 Å². The van der Waals surface area contributed by atoms with Crippen LogP contribution in [0.2, 0.25) is 0 Å². The predicted molar refractivity (Wildman–Crippen MR) is 102 cm³/mol. The Hall–Kier alpha value is -3.15. The number of aliphatic carboxylic acids is 1. The van der Waals surface area contributed by atoms with Gasteiger partial charge in [0.2, 0.25) is 11.8 Å². The number of carboxylic acids is 1. The van der Waals surface area contributed by atoms with Gasteiger partial charge in [0.1, 0.15) is 6.54 Å². The van der Waals surface area contributed by atoms with Crippen molar-refractivity contribution in [2.24, 2.45) is 0 Å². The Kier molecular flexibility index (Phi) is 5.86. The number of rotatable bonds is 6. The third kappa shape index (κ3) is 4.94. The van der Waals surface area contributed by atoms with E-state index in [4.69, 9.17) is 5.11 Å². The third-order valence-corrected chi connectivity index (χ3v) is 4.71. The first-order chi connectivity index (χ1) is 13.0. The molecule has 0 saturated heterocycles. The molecule has 0 aromatic heterocycles. The van der Waals surface area contributed by atoms with Crippen LogP contribution in [0.15, 0.2) is 48.5 Å². The molecule has 0 spiro atoms. The normalized spacial score (nSPS) is 15.5. The smallest absolute Gasteiger partial charge is 0.322 e. The first-order valence-corrected chi connectivity index (χ1v) is 8.99. The first kappa shape index (κ1) is 18.6. The summed E-state index contributed by atoms with van der Waals surface area (Å²) in [5.74, 6) is -1.59. The highest BCUT2D eigenvalue weighted by Crippen LogP contribution is 2.32. The first-order valence-electron chi connectivity index (χ1n) is 8.99. The van der Waals surface area contributed by atoms with E-state index in [1.807, 2.05) is 18.2 Å². The van der Waals surface area contributed by atoms with Gasteiger partial charge >= 0.3 is 5.97 Å². The maximum atomic E-state index is 12.7. The van der Waals surface area contributed by atoms with E-state index >= 15 is 0 Å². The van der Waals surface area contributed by atoms with Crippen molar-refractivity contribution in [2.75, 3.05) is 11.9 Å². The molecule has 2 aromatic rings. The fourth-order valence-electron chi connectivity index (χ4n) is 3.38. The van der Waals surface area contributed by atoms with Gasteiger partial charge in [-0.05, 0) is 48.1 Å². The fourth-order valence-corrected chi connectivity index (χ4v) is 3.38. The van der Waals surface area contributed by atoms with Crippen molar-refractivity contribution in [3.05, 3.63) is 65.2 Å². The van der Waals surface area contributed by atoms with Gasteiger partial charge in [-0.2, -0.15) is 0 Å². The molecule has 140 valence electrons. The number of amides is 2. The molecule has 1 atom stereocenters. The lowest BCUT2D eigenvalue weighted by Gasteiger charge is -2.24. The van der Waals surface area contributed by atoms with Crippen LogP contribution < -0.4 is 10.6 Å². The van der Waals surface area contributed by atoms with E-state index in [0.717, 1.165) is 30.4 Å². The molecule has 2 amide bonds. The van der Waals surface area contributed by atoms with Gasteiger partial charge in [0.05, 0.1) is 12.3 Å². The number of benzene rings is 2. The molecule has 1 unspecified atom stereocenters. The zero-order valence-corrected chi connectivity index (χ0v) is 14.9. The minimum Gasteiger partial charge on any atom is -0.480 e. The van der Waals surface area contributed by atoms with Gasteiger partial charge in [0, 0.05) is 5.69 Å².